The number of carbonyl (C=O) groups excluding carboxylic acids is 1. The first-order valence-electron chi connectivity index (χ1n) is 8.59. The number of aryl methyl sites for hydroxylation is 1. The van der Waals surface area contributed by atoms with Crippen LogP contribution in [0.2, 0.25) is 0 Å². The molecule has 10 heteroatoms. The molecule has 2 N–H and O–H groups in total. The van der Waals surface area contributed by atoms with Crippen molar-refractivity contribution < 1.29 is 26.4 Å². The molecule has 0 aliphatic carbocycles. The molecule has 2 aromatic carbocycles. The Morgan fingerprint density at radius 1 is 1.00 bits per heavy atom. The molecule has 1 heterocycles. The number of halogens is 3. The molecule has 0 aliphatic rings. The Hall–Kier alpha value is -3.40. The van der Waals surface area contributed by atoms with Crippen LogP contribution in [0.3, 0.4) is 0 Å². The minimum atomic E-state index is -4.59. The molecule has 0 saturated heterocycles. The second-order valence-electron chi connectivity index (χ2n) is 6.33. The molecule has 0 unspecified atom stereocenters. The highest BCUT2D eigenvalue weighted by Gasteiger charge is 2.30. The van der Waals surface area contributed by atoms with Crippen molar-refractivity contribution in [3.8, 4) is 0 Å². The van der Waals surface area contributed by atoms with E-state index >= 15 is 0 Å². The van der Waals surface area contributed by atoms with Gasteiger partial charge in [-0.2, -0.15) is 13.2 Å². The van der Waals surface area contributed by atoms with E-state index in [0.29, 0.717) is 11.9 Å². The standard InChI is InChI=1S/C20H16F3N3O3S/c1-13-4-3-11-24-18(13)25-19(27)14-7-9-17(10-8-14)30(28,29)26-16-6-2-5-15(12-16)20(21,22)23/h2-12,26H,1H3,(H,24,25,27). The van der Waals surface area contributed by atoms with E-state index in [9.17, 15) is 26.4 Å². The minimum absolute atomic E-state index is 0.193. The number of rotatable bonds is 5. The van der Waals surface area contributed by atoms with E-state index in [1.807, 2.05) is 0 Å². The lowest BCUT2D eigenvalue weighted by molar-refractivity contribution is -0.137. The van der Waals surface area contributed by atoms with Crippen LogP contribution in [0, 0.1) is 6.92 Å². The first kappa shape index (κ1) is 21.3. The normalized spacial score (nSPS) is 11.7. The van der Waals surface area contributed by atoms with Crippen LogP contribution in [0.25, 0.3) is 0 Å². The summed E-state index contributed by atoms with van der Waals surface area (Å²) < 4.78 is 65.5. The Morgan fingerprint density at radius 3 is 2.33 bits per heavy atom. The van der Waals surface area contributed by atoms with Gasteiger partial charge in [0.15, 0.2) is 0 Å². The van der Waals surface area contributed by atoms with Crippen LogP contribution in [0.15, 0.2) is 71.8 Å². The molecule has 0 bridgehead atoms. The van der Waals surface area contributed by atoms with E-state index in [1.54, 1.807) is 19.1 Å². The van der Waals surface area contributed by atoms with E-state index in [0.717, 1.165) is 17.7 Å². The third kappa shape index (κ3) is 4.95. The number of pyridine rings is 1. The number of nitrogens with one attached hydrogen (secondary N) is 2. The van der Waals surface area contributed by atoms with Crippen LogP contribution in [-0.4, -0.2) is 19.3 Å². The molecular weight excluding hydrogens is 419 g/mol. The van der Waals surface area contributed by atoms with Gasteiger partial charge >= 0.3 is 6.18 Å². The lowest BCUT2D eigenvalue weighted by atomic mass is 10.2. The Kier molecular flexibility index (Phi) is 5.79. The van der Waals surface area contributed by atoms with Crippen LogP contribution in [0.5, 0.6) is 0 Å². The molecule has 1 aromatic heterocycles. The van der Waals surface area contributed by atoms with Crippen LogP contribution in [0.4, 0.5) is 24.7 Å². The number of alkyl halides is 3. The van der Waals surface area contributed by atoms with Crippen molar-refractivity contribution in [2.24, 2.45) is 0 Å². The molecule has 6 nitrogen and oxygen atoms in total. The Labute approximate surface area is 170 Å². The fourth-order valence-corrected chi connectivity index (χ4v) is 3.60. The highest BCUT2D eigenvalue weighted by molar-refractivity contribution is 7.92. The van der Waals surface area contributed by atoms with Gasteiger partial charge in [-0.15, -0.1) is 0 Å². The highest BCUT2D eigenvalue weighted by atomic mass is 32.2. The molecular formula is C20H16F3N3O3S. The number of aromatic nitrogens is 1. The Bertz CT molecular complexity index is 1180. The molecule has 0 aliphatic heterocycles. The second kappa shape index (κ2) is 8.15. The fourth-order valence-electron chi connectivity index (χ4n) is 2.55. The van der Waals surface area contributed by atoms with Crippen molar-refractivity contribution in [2.45, 2.75) is 18.0 Å². The lowest BCUT2D eigenvalue weighted by Gasteiger charge is -2.12. The fraction of sp³-hybridized carbons (Fsp3) is 0.100. The number of hydrogen-bond donors (Lipinski definition) is 2. The maximum atomic E-state index is 12.8. The first-order valence-corrected chi connectivity index (χ1v) is 10.1. The van der Waals surface area contributed by atoms with Crippen molar-refractivity contribution in [2.75, 3.05) is 10.0 Å². The number of hydrogen-bond acceptors (Lipinski definition) is 4. The molecule has 3 rings (SSSR count). The summed E-state index contributed by atoms with van der Waals surface area (Å²) in [5, 5.41) is 2.62. The van der Waals surface area contributed by atoms with Crippen molar-refractivity contribution in [1.82, 2.24) is 4.98 Å². The molecule has 0 radical (unpaired) electrons. The molecule has 3 aromatic rings. The van der Waals surface area contributed by atoms with E-state index in [1.165, 1.54) is 36.5 Å². The summed E-state index contributed by atoms with van der Waals surface area (Å²) >= 11 is 0. The SMILES string of the molecule is Cc1cccnc1NC(=O)c1ccc(S(=O)(=O)Nc2cccc(C(F)(F)F)c2)cc1. The Balaban J connectivity index is 1.76. The molecule has 30 heavy (non-hydrogen) atoms. The topological polar surface area (TPSA) is 88.2 Å². The van der Waals surface area contributed by atoms with Crippen LogP contribution >= 0.6 is 0 Å². The zero-order chi connectivity index (χ0) is 21.9. The monoisotopic (exact) mass is 435 g/mol. The van der Waals surface area contributed by atoms with E-state index < -0.39 is 27.7 Å². The summed E-state index contributed by atoms with van der Waals surface area (Å²) in [4.78, 5) is 16.2. The predicted octanol–water partition coefficient (Wildman–Crippen LogP) is 4.46. The maximum Gasteiger partial charge on any atom is 0.416 e. The zero-order valence-corrected chi connectivity index (χ0v) is 16.4. The van der Waals surface area contributed by atoms with E-state index in [4.69, 9.17) is 0 Å². The smallest absolute Gasteiger partial charge is 0.306 e. The number of nitrogens with zero attached hydrogens (tertiary/aromatic N) is 1. The summed E-state index contributed by atoms with van der Waals surface area (Å²) in [7, 11) is -4.15. The number of amides is 1. The summed E-state index contributed by atoms with van der Waals surface area (Å²) in [5.74, 6) is -0.100. The first-order chi connectivity index (χ1) is 14.1. The van der Waals surface area contributed by atoms with Crippen molar-refractivity contribution >= 4 is 27.4 Å². The molecule has 0 saturated carbocycles. The molecule has 156 valence electrons. The number of carbonyl (C=O) groups is 1. The molecule has 0 spiro atoms. The number of benzene rings is 2. The van der Waals surface area contributed by atoms with Crippen molar-refractivity contribution in [3.63, 3.8) is 0 Å². The van der Waals surface area contributed by atoms with Crippen LogP contribution < -0.4 is 10.0 Å². The van der Waals surface area contributed by atoms with Gasteiger partial charge in [0, 0.05) is 17.4 Å². The zero-order valence-electron chi connectivity index (χ0n) is 15.6. The highest BCUT2D eigenvalue weighted by Crippen LogP contribution is 2.31. The summed E-state index contributed by atoms with van der Waals surface area (Å²) in [6.07, 6.45) is -3.07. The summed E-state index contributed by atoms with van der Waals surface area (Å²) in [6, 6.07) is 12.3. The summed E-state index contributed by atoms with van der Waals surface area (Å²) in [6.45, 7) is 1.78. The van der Waals surface area contributed by atoms with Crippen LogP contribution in [-0.2, 0) is 16.2 Å². The Morgan fingerprint density at radius 2 is 1.70 bits per heavy atom. The van der Waals surface area contributed by atoms with Gasteiger partial charge in [-0.1, -0.05) is 12.1 Å². The summed E-state index contributed by atoms with van der Waals surface area (Å²) in [5.41, 5.74) is -0.245. The minimum Gasteiger partial charge on any atom is -0.306 e. The second-order valence-corrected chi connectivity index (χ2v) is 8.01. The van der Waals surface area contributed by atoms with Gasteiger partial charge in [-0.05, 0) is 61.0 Å². The van der Waals surface area contributed by atoms with Gasteiger partial charge in [0.05, 0.1) is 10.5 Å². The average molecular weight is 435 g/mol. The molecule has 0 atom stereocenters. The largest absolute Gasteiger partial charge is 0.416 e. The van der Waals surface area contributed by atoms with Gasteiger partial charge in [-0.25, -0.2) is 13.4 Å². The van der Waals surface area contributed by atoms with Crippen molar-refractivity contribution in [3.05, 3.63) is 83.6 Å². The molecule has 0 fully saturated rings. The number of anilines is 2. The van der Waals surface area contributed by atoms with Gasteiger partial charge < -0.3 is 5.32 Å². The van der Waals surface area contributed by atoms with Gasteiger partial charge in [0.25, 0.3) is 15.9 Å². The van der Waals surface area contributed by atoms with E-state index in [-0.39, 0.29) is 16.1 Å². The maximum absolute atomic E-state index is 12.8. The van der Waals surface area contributed by atoms with E-state index in [2.05, 4.69) is 15.0 Å². The van der Waals surface area contributed by atoms with Crippen molar-refractivity contribution in [1.29, 1.82) is 0 Å². The molecule has 1 amide bonds. The predicted molar refractivity (Wildman–Crippen MR) is 106 cm³/mol. The lowest BCUT2D eigenvalue weighted by Crippen LogP contribution is -2.16. The number of sulfonamides is 1. The van der Waals surface area contributed by atoms with Gasteiger partial charge in [0.2, 0.25) is 0 Å². The third-order valence-electron chi connectivity index (χ3n) is 4.11. The van der Waals surface area contributed by atoms with Crippen LogP contribution in [0.1, 0.15) is 21.5 Å². The quantitative estimate of drug-likeness (QED) is 0.619. The average Bonchev–Trinajstić information content (AvgIpc) is 2.69. The van der Waals surface area contributed by atoms with Gasteiger partial charge in [0.1, 0.15) is 5.82 Å². The third-order valence-corrected chi connectivity index (χ3v) is 5.51. The van der Waals surface area contributed by atoms with Gasteiger partial charge in [-0.3, -0.25) is 9.52 Å².